The van der Waals surface area contributed by atoms with Crippen LogP contribution in [0.1, 0.15) is 49.5 Å². The zero-order valence-electron chi connectivity index (χ0n) is 11.7. The molecule has 0 saturated heterocycles. The molecule has 0 saturated carbocycles. The largest absolute Gasteiger partial charge is 0.300 e. The van der Waals surface area contributed by atoms with Crippen LogP contribution in [-0.4, -0.2) is 17.3 Å². The minimum atomic E-state index is -0.190. The Labute approximate surface area is 114 Å². The summed E-state index contributed by atoms with van der Waals surface area (Å²) in [4.78, 5) is 34.6. The van der Waals surface area contributed by atoms with E-state index >= 15 is 0 Å². The third kappa shape index (κ3) is 4.78. The van der Waals surface area contributed by atoms with Crippen molar-refractivity contribution in [2.45, 2.75) is 40.0 Å². The molecule has 0 heterocycles. The van der Waals surface area contributed by atoms with Crippen LogP contribution < -0.4 is 0 Å². The van der Waals surface area contributed by atoms with Crippen LogP contribution >= 0.6 is 0 Å². The molecule has 3 nitrogen and oxygen atoms in total. The monoisotopic (exact) mass is 260 g/mol. The molecule has 0 bridgehead atoms. The molecule has 1 atom stereocenters. The molecule has 0 aliphatic rings. The molecular formula is C16H20O3. The zero-order valence-corrected chi connectivity index (χ0v) is 11.7. The first-order chi connectivity index (χ1) is 8.93. The maximum absolute atomic E-state index is 11.9. The molecule has 3 heteroatoms. The highest BCUT2D eigenvalue weighted by Crippen LogP contribution is 2.12. The minimum Gasteiger partial charge on any atom is -0.300 e. The molecular weight excluding hydrogens is 240 g/mol. The third-order valence-electron chi connectivity index (χ3n) is 3.20. The van der Waals surface area contributed by atoms with Crippen LogP contribution in [0.15, 0.2) is 24.3 Å². The standard InChI is InChI=1S/C16H20O3/c1-4-11(2)15(18)10-13-6-5-7-14(9-13)16(19)8-12(3)17/h5-7,9,11H,4,8,10H2,1-3H3. The Hall–Kier alpha value is -1.77. The van der Waals surface area contributed by atoms with Gasteiger partial charge in [0.15, 0.2) is 5.78 Å². The summed E-state index contributed by atoms with van der Waals surface area (Å²) in [6, 6.07) is 6.99. The average Bonchev–Trinajstić information content (AvgIpc) is 2.37. The molecule has 0 aliphatic heterocycles. The van der Waals surface area contributed by atoms with Crippen molar-refractivity contribution in [2.75, 3.05) is 0 Å². The third-order valence-corrected chi connectivity index (χ3v) is 3.20. The summed E-state index contributed by atoms with van der Waals surface area (Å²) in [5.41, 5.74) is 1.34. The van der Waals surface area contributed by atoms with Crippen LogP contribution in [0.4, 0.5) is 0 Å². The van der Waals surface area contributed by atoms with Gasteiger partial charge in [0.05, 0.1) is 6.42 Å². The number of hydrogen-bond donors (Lipinski definition) is 0. The van der Waals surface area contributed by atoms with Crippen molar-refractivity contribution in [3.05, 3.63) is 35.4 Å². The molecule has 0 spiro atoms. The number of rotatable bonds is 7. The van der Waals surface area contributed by atoms with Gasteiger partial charge in [-0.15, -0.1) is 0 Å². The van der Waals surface area contributed by atoms with Crippen LogP contribution in [0.25, 0.3) is 0 Å². The van der Waals surface area contributed by atoms with Gasteiger partial charge in [0, 0.05) is 17.9 Å². The van der Waals surface area contributed by atoms with Crippen LogP contribution in [0.2, 0.25) is 0 Å². The van der Waals surface area contributed by atoms with Gasteiger partial charge in [0.2, 0.25) is 0 Å². The molecule has 1 rings (SSSR count). The van der Waals surface area contributed by atoms with E-state index in [0.717, 1.165) is 12.0 Å². The number of benzene rings is 1. The number of carbonyl (C=O) groups is 3. The second-order valence-electron chi connectivity index (χ2n) is 4.95. The summed E-state index contributed by atoms with van der Waals surface area (Å²) in [5.74, 6) is -0.119. The van der Waals surface area contributed by atoms with E-state index in [2.05, 4.69) is 0 Å². The van der Waals surface area contributed by atoms with Crippen molar-refractivity contribution >= 4 is 17.3 Å². The molecule has 1 unspecified atom stereocenters. The highest BCUT2D eigenvalue weighted by molar-refractivity contribution is 6.07. The number of Topliss-reactive ketones (excluding diaryl/α,β-unsaturated/α-hetero) is 3. The minimum absolute atomic E-state index is 0.0385. The van der Waals surface area contributed by atoms with Crippen molar-refractivity contribution in [3.63, 3.8) is 0 Å². The smallest absolute Gasteiger partial charge is 0.170 e. The van der Waals surface area contributed by atoms with E-state index < -0.39 is 0 Å². The molecule has 19 heavy (non-hydrogen) atoms. The molecule has 102 valence electrons. The second kappa shape index (κ2) is 6.98. The highest BCUT2D eigenvalue weighted by Gasteiger charge is 2.13. The van der Waals surface area contributed by atoms with Crippen LogP contribution in [0, 0.1) is 5.92 Å². The lowest BCUT2D eigenvalue weighted by Crippen LogP contribution is -2.13. The van der Waals surface area contributed by atoms with E-state index in [1.54, 1.807) is 18.2 Å². The first kappa shape index (κ1) is 15.3. The van der Waals surface area contributed by atoms with E-state index in [1.165, 1.54) is 6.92 Å². The molecule has 0 aromatic heterocycles. The van der Waals surface area contributed by atoms with Crippen LogP contribution in [0.5, 0.6) is 0 Å². The number of hydrogen-bond acceptors (Lipinski definition) is 3. The fraction of sp³-hybridized carbons (Fsp3) is 0.438. The summed E-state index contributed by atoms with van der Waals surface area (Å²) in [5, 5.41) is 0. The fourth-order valence-electron chi connectivity index (χ4n) is 1.79. The summed E-state index contributed by atoms with van der Waals surface area (Å²) < 4.78 is 0. The van der Waals surface area contributed by atoms with Gasteiger partial charge in [0.25, 0.3) is 0 Å². The molecule has 0 amide bonds. The first-order valence-corrected chi connectivity index (χ1v) is 6.58. The zero-order chi connectivity index (χ0) is 14.4. The maximum Gasteiger partial charge on any atom is 0.170 e. The Morgan fingerprint density at radius 2 is 1.89 bits per heavy atom. The van der Waals surface area contributed by atoms with E-state index in [1.807, 2.05) is 19.9 Å². The van der Waals surface area contributed by atoms with Crippen LogP contribution in [0.3, 0.4) is 0 Å². The average molecular weight is 260 g/mol. The lowest BCUT2D eigenvalue weighted by atomic mass is 9.95. The predicted molar refractivity (Wildman–Crippen MR) is 74.2 cm³/mol. The normalized spacial score (nSPS) is 11.9. The number of carbonyl (C=O) groups excluding carboxylic acids is 3. The van der Waals surface area contributed by atoms with Crippen molar-refractivity contribution in [1.82, 2.24) is 0 Å². The van der Waals surface area contributed by atoms with Crippen LogP contribution in [-0.2, 0) is 16.0 Å². The molecule has 1 aromatic carbocycles. The highest BCUT2D eigenvalue weighted by atomic mass is 16.1. The molecule has 1 aromatic rings. The SMILES string of the molecule is CCC(C)C(=O)Cc1cccc(C(=O)CC(C)=O)c1. The summed E-state index contributed by atoms with van der Waals surface area (Å²) in [6.45, 7) is 5.29. The number of ketones is 3. The first-order valence-electron chi connectivity index (χ1n) is 6.58. The van der Waals surface area contributed by atoms with E-state index in [4.69, 9.17) is 0 Å². The van der Waals surface area contributed by atoms with Crippen molar-refractivity contribution < 1.29 is 14.4 Å². The van der Waals surface area contributed by atoms with Gasteiger partial charge in [-0.3, -0.25) is 14.4 Å². The quantitative estimate of drug-likeness (QED) is 0.559. The van der Waals surface area contributed by atoms with Gasteiger partial charge in [-0.1, -0.05) is 32.0 Å². The molecule has 0 N–H and O–H groups in total. The van der Waals surface area contributed by atoms with Crippen molar-refractivity contribution in [3.8, 4) is 0 Å². The fourth-order valence-corrected chi connectivity index (χ4v) is 1.79. The molecule has 0 radical (unpaired) electrons. The van der Waals surface area contributed by atoms with E-state index in [9.17, 15) is 14.4 Å². The topological polar surface area (TPSA) is 51.2 Å². The maximum atomic E-state index is 11.9. The predicted octanol–water partition coefficient (Wildman–Crippen LogP) is 3.01. The van der Waals surface area contributed by atoms with Gasteiger partial charge in [-0.05, 0) is 25.0 Å². The Morgan fingerprint density at radius 3 is 2.47 bits per heavy atom. The lowest BCUT2D eigenvalue weighted by molar-refractivity contribution is -0.121. The lowest BCUT2D eigenvalue weighted by Gasteiger charge is -2.08. The summed E-state index contributed by atoms with van der Waals surface area (Å²) in [7, 11) is 0. The van der Waals surface area contributed by atoms with Gasteiger partial charge in [0.1, 0.15) is 11.6 Å². The summed E-state index contributed by atoms with van der Waals surface area (Å²) >= 11 is 0. The molecule has 0 aliphatic carbocycles. The van der Waals surface area contributed by atoms with Gasteiger partial charge in [-0.25, -0.2) is 0 Å². The Kier molecular flexibility index (Phi) is 5.61. The van der Waals surface area contributed by atoms with E-state index in [-0.39, 0.29) is 29.7 Å². The van der Waals surface area contributed by atoms with Gasteiger partial charge in [-0.2, -0.15) is 0 Å². The van der Waals surface area contributed by atoms with Gasteiger partial charge < -0.3 is 0 Å². The second-order valence-corrected chi connectivity index (χ2v) is 4.95. The van der Waals surface area contributed by atoms with E-state index in [0.29, 0.717) is 12.0 Å². The van der Waals surface area contributed by atoms with Gasteiger partial charge >= 0.3 is 0 Å². The van der Waals surface area contributed by atoms with Crippen molar-refractivity contribution in [1.29, 1.82) is 0 Å². The Morgan fingerprint density at radius 1 is 1.21 bits per heavy atom. The molecule has 0 fully saturated rings. The Balaban J connectivity index is 2.80. The Bertz CT molecular complexity index is 489. The van der Waals surface area contributed by atoms with Crippen molar-refractivity contribution in [2.24, 2.45) is 5.92 Å². The summed E-state index contributed by atoms with van der Waals surface area (Å²) in [6.07, 6.45) is 1.08.